The number of carbonyl (C=O) groups is 2. The van der Waals surface area contributed by atoms with E-state index in [1.165, 1.54) is 17.5 Å². The number of ether oxygens (including phenoxy) is 1. The summed E-state index contributed by atoms with van der Waals surface area (Å²) < 4.78 is 5.94. The number of anilines is 1. The van der Waals surface area contributed by atoms with Gasteiger partial charge in [-0.05, 0) is 55.5 Å². The molecule has 2 heterocycles. The van der Waals surface area contributed by atoms with Gasteiger partial charge in [0.05, 0.1) is 17.9 Å². The zero-order valence-corrected chi connectivity index (χ0v) is 17.0. The standard InChI is InChI=1S/C19H22N2O4S2/c1-3-25-19(23)17-13-8-7-12(2)10-14(13)27-18(17)20-15(22)11-26-16-6-4-5-9-21(16)24/h4-6,9,12H,3,7-8,10-11H2,1-2H3,(H,20,22)/t12-/m1/s1. The summed E-state index contributed by atoms with van der Waals surface area (Å²) in [6.45, 7) is 4.26. The van der Waals surface area contributed by atoms with Gasteiger partial charge in [0.2, 0.25) is 5.91 Å². The summed E-state index contributed by atoms with van der Waals surface area (Å²) in [5.41, 5.74) is 1.51. The number of rotatable bonds is 6. The van der Waals surface area contributed by atoms with Crippen molar-refractivity contribution in [2.75, 3.05) is 17.7 Å². The topological polar surface area (TPSA) is 82.3 Å². The van der Waals surface area contributed by atoms with E-state index in [9.17, 15) is 14.8 Å². The molecule has 0 spiro atoms. The first kappa shape index (κ1) is 19.7. The number of esters is 1. The summed E-state index contributed by atoms with van der Waals surface area (Å²) in [4.78, 5) is 26.0. The van der Waals surface area contributed by atoms with Crippen LogP contribution in [-0.2, 0) is 22.4 Å². The fourth-order valence-corrected chi connectivity index (χ4v) is 5.21. The van der Waals surface area contributed by atoms with Crippen molar-refractivity contribution in [2.45, 2.75) is 38.1 Å². The predicted octanol–water partition coefficient (Wildman–Crippen LogP) is 3.41. The molecule has 0 bridgehead atoms. The molecule has 0 saturated carbocycles. The smallest absolute Gasteiger partial charge is 0.341 e. The second-order valence-electron chi connectivity index (χ2n) is 6.48. The Morgan fingerprint density at radius 3 is 3.00 bits per heavy atom. The third kappa shape index (κ3) is 4.62. The molecule has 1 aliphatic rings. The number of carbonyl (C=O) groups excluding carboxylic acids is 2. The molecular weight excluding hydrogens is 384 g/mol. The number of pyridine rings is 1. The number of amides is 1. The first-order chi connectivity index (χ1) is 13.0. The van der Waals surface area contributed by atoms with Gasteiger partial charge in [0.15, 0.2) is 6.20 Å². The molecule has 0 radical (unpaired) electrons. The number of nitrogens with one attached hydrogen (secondary N) is 1. The number of thioether (sulfide) groups is 1. The maximum absolute atomic E-state index is 12.5. The SMILES string of the molecule is CCOC(=O)c1c(NC(=O)CSc2cccc[n+]2[O-])sc2c1CC[C@@H](C)C2. The lowest BCUT2D eigenvalue weighted by molar-refractivity contribution is -0.645. The van der Waals surface area contributed by atoms with Crippen molar-refractivity contribution in [3.05, 3.63) is 45.6 Å². The lowest BCUT2D eigenvalue weighted by atomic mass is 9.88. The highest BCUT2D eigenvalue weighted by molar-refractivity contribution is 7.99. The van der Waals surface area contributed by atoms with Crippen LogP contribution >= 0.6 is 23.1 Å². The van der Waals surface area contributed by atoms with Gasteiger partial charge in [0, 0.05) is 17.0 Å². The normalized spacial score (nSPS) is 15.9. The van der Waals surface area contributed by atoms with Crippen LogP contribution in [-0.4, -0.2) is 24.2 Å². The van der Waals surface area contributed by atoms with Crippen molar-refractivity contribution >= 4 is 40.0 Å². The van der Waals surface area contributed by atoms with Crippen LogP contribution in [0.25, 0.3) is 0 Å². The van der Waals surface area contributed by atoms with Crippen LogP contribution < -0.4 is 10.0 Å². The van der Waals surface area contributed by atoms with Crippen LogP contribution in [0.5, 0.6) is 0 Å². The zero-order valence-electron chi connectivity index (χ0n) is 15.3. The number of nitrogens with zero attached hydrogens (tertiary/aromatic N) is 1. The van der Waals surface area contributed by atoms with E-state index in [0.717, 1.165) is 46.2 Å². The summed E-state index contributed by atoms with van der Waals surface area (Å²) in [5.74, 6) is 0.0259. The second-order valence-corrected chi connectivity index (χ2v) is 8.58. The summed E-state index contributed by atoms with van der Waals surface area (Å²) in [6, 6.07) is 5.06. The lowest BCUT2D eigenvalue weighted by Crippen LogP contribution is -2.28. The Labute approximate surface area is 166 Å². The summed E-state index contributed by atoms with van der Waals surface area (Å²) >= 11 is 2.63. The van der Waals surface area contributed by atoms with Crippen LogP contribution in [0, 0.1) is 11.1 Å². The summed E-state index contributed by atoms with van der Waals surface area (Å²) in [7, 11) is 0. The van der Waals surface area contributed by atoms with Crippen molar-refractivity contribution in [1.29, 1.82) is 0 Å². The van der Waals surface area contributed by atoms with Gasteiger partial charge < -0.3 is 15.3 Å². The van der Waals surface area contributed by atoms with Gasteiger partial charge >= 0.3 is 5.97 Å². The predicted molar refractivity (Wildman–Crippen MR) is 106 cm³/mol. The van der Waals surface area contributed by atoms with Gasteiger partial charge in [-0.1, -0.05) is 6.92 Å². The molecule has 27 heavy (non-hydrogen) atoms. The van der Waals surface area contributed by atoms with Gasteiger partial charge in [-0.2, -0.15) is 4.73 Å². The third-order valence-electron chi connectivity index (χ3n) is 4.38. The average molecular weight is 407 g/mol. The number of thiophene rings is 1. The second kappa shape index (κ2) is 8.75. The number of aromatic nitrogens is 1. The largest absolute Gasteiger partial charge is 0.618 e. The minimum absolute atomic E-state index is 0.0908. The highest BCUT2D eigenvalue weighted by Gasteiger charge is 2.29. The van der Waals surface area contributed by atoms with Crippen LogP contribution in [0.4, 0.5) is 5.00 Å². The Kier molecular flexibility index (Phi) is 6.38. The molecule has 0 unspecified atom stereocenters. The van der Waals surface area contributed by atoms with E-state index in [0.29, 0.717) is 28.1 Å². The number of hydrogen-bond acceptors (Lipinski definition) is 6. The molecule has 1 aliphatic carbocycles. The van der Waals surface area contributed by atoms with Gasteiger partial charge in [0.25, 0.3) is 5.03 Å². The molecule has 0 aliphatic heterocycles. The minimum Gasteiger partial charge on any atom is -0.618 e. The first-order valence-corrected chi connectivity index (χ1v) is 10.7. The molecule has 2 aromatic rings. The van der Waals surface area contributed by atoms with Gasteiger partial charge in [0.1, 0.15) is 5.00 Å². The maximum Gasteiger partial charge on any atom is 0.341 e. The molecule has 0 aromatic carbocycles. The van der Waals surface area contributed by atoms with Gasteiger partial charge in [-0.25, -0.2) is 4.79 Å². The Balaban J connectivity index is 1.76. The zero-order chi connectivity index (χ0) is 19.4. The van der Waals surface area contributed by atoms with E-state index in [1.54, 1.807) is 25.1 Å². The number of hydrogen-bond donors (Lipinski definition) is 1. The Hall–Kier alpha value is -2.06. The molecule has 2 aromatic heterocycles. The maximum atomic E-state index is 12.5. The first-order valence-electron chi connectivity index (χ1n) is 8.92. The fourth-order valence-electron chi connectivity index (χ4n) is 3.08. The Bertz CT molecular complexity index is 850. The molecule has 0 saturated heterocycles. The van der Waals surface area contributed by atoms with E-state index in [2.05, 4.69) is 12.2 Å². The molecule has 8 heteroatoms. The van der Waals surface area contributed by atoms with E-state index in [4.69, 9.17) is 4.74 Å². The van der Waals surface area contributed by atoms with Crippen molar-refractivity contribution in [1.82, 2.24) is 0 Å². The van der Waals surface area contributed by atoms with Crippen LogP contribution in [0.3, 0.4) is 0 Å². The molecular formula is C19H22N2O4S2. The average Bonchev–Trinajstić information content (AvgIpc) is 2.98. The van der Waals surface area contributed by atoms with Crippen LogP contribution in [0.2, 0.25) is 0 Å². The molecule has 0 fully saturated rings. The lowest BCUT2D eigenvalue weighted by Gasteiger charge is -2.18. The van der Waals surface area contributed by atoms with E-state index in [-0.39, 0.29) is 17.6 Å². The summed E-state index contributed by atoms with van der Waals surface area (Å²) in [5, 5.41) is 15.5. The van der Waals surface area contributed by atoms with Crippen LogP contribution in [0.1, 0.15) is 41.1 Å². The van der Waals surface area contributed by atoms with E-state index >= 15 is 0 Å². The molecule has 1 amide bonds. The molecule has 3 rings (SSSR count). The molecule has 1 N–H and O–H groups in total. The van der Waals surface area contributed by atoms with Crippen molar-refractivity contribution in [3.8, 4) is 0 Å². The van der Waals surface area contributed by atoms with Crippen molar-refractivity contribution in [3.63, 3.8) is 0 Å². The van der Waals surface area contributed by atoms with Gasteiger partial charge in [-0.3, -0.25) is 4.79 Å². The molecule has 1 atom stereocenters. The van der Waals surface area contributed by atoms with Crippen molar-refractivity contribution < 1.29 is 19.1 Å². The van der Waals surface area contributed by atoms with Gasteiger partial charge in [-0.15, -0.1) is 11.3 Å². The highest BCUT2D eigenvalue weighted by Crippen LogP contribution is 2.40. The Morgan fingerprint density at radius 2 is 2.26 bits per heavy atom. The fraction of sp³-hybridized carbons (Fsp3) is 0.421. The van der Waals surface area contributed by atoms with Crippen LogP contribution in [0.15, 0.2) is 29.4 Å². The quantitative estimate of drug-likeness (QED) is 0.344. The molecule has 6 nitrogen and oxygen atoms in total. The third-order valence-corrected chi connectivity index (χ3v) is 6.57. The molecule has 144 valence electrons. The van der Waals surface area contributed by atoms with E-state index in [1.807, 2.05) is 0 Å². The number of fused-ring (bicyclic) bond motifs is 1. The Morgan fingerprint density at radius 1 is 1.44 bits per heavy atom. The summed E-state index contributed by atoms with van der Waals surface area (Å²) in [6.07, 6.45) is 4.16. The highest BCUT2D eigenvalue weighted by atomic mass is 32.2. The monoisotopic (exact) mass is 406 g/mol. The van der Waals surface area contributed by atoms with E-state index < -0.39 is 0 Å². The minimum atomic E-state index is -0.382. The van der Waals surface area contributed by atoms with Crippen molar-refractivity contribution in [2.24, 2.45) is 5.92 Å².